The summed E-state index contributed by atoms with van der Waals surface area (Å²) in [5.74, 6) is 0.00474. The SMILES string of the molecule is CC(=O)N(c1ccc(NS(=O)(=O)c2ccccc2)cc1)C1CC1. The topological polar surface area (TPSA) is 66.5 Å². The molecule has 0 heterocycles. The van der Waals surface area contributed by atoms with Crippen LogP contribution in [0.4, 0.5) is 11.4 Å². The molecule has 1 saturated carbocycles. The molecule has 23 heavy (non-hydrogen) atoms. The van der Waals surface area contributed by atoms with Crippen molar-refractivity contribution in [2.75, 3.05) is 9.62 Å². The van der Waals surface area contributed by atoms with E-state index in [-0.39, 0.29) is 16.8 Å². The van der Waals surface area contributed by atoms with Crippen molar-refractivity contribution in [3.8, 4) is 0 Å². The van der Waals surface area contributed by atoms with E-state index >= 15 is 0 Å². The Bertz CT molecular complexity index is 797. The van der Waals surface area contributed by atoms with Gasteiger partial charge < -0.3 is 4.90 Å². The molecular formula is C17H18N2O3S. The Hall–Kier alpha value is -2.34. The minimum atomic E-state index is -3.60. The fraction of sp³-hybridized carbons (Fsp3) is 0.235. The van der Waals surface area contributed by atoms with Crippen molar-refractivity contribution in [2.45, 2.75) is 30.7 Å². The smallest absolute Gasteiger partial charge is 0.261 e. The largest absolute Gasteiger partial charge is 0.310 e. The molecule has 1 aliphatic carbocycles. The van der Waals surface area contributed by atoms with Gasteiger partial charge in [0.1, 0.15) is 0 Å². The number of hydrogen-bond acceptors (Lipinski definition) is 3. The first-order valence-corrected chi connectivity index (χ1v) is 8.93. The second-order valence-corrected chi connectivity index (χ2v) is 7.27. The Balaban J connectivity index is 1.79. The lowest BCUT2D eigenvalue weighted by molar-refractivity contribution is -0.116. The van der Waals surface area contributed by atoms with E-state index in [4.69, 9.17) is 0 Å². The van der Waals surface area contributed by atoms with Gasteiger partial charge in [-0.3, -0.25) is 9.52 Å². The summed E-state index contributed by atoms with van der Waals surface area (Å²) < 4.78 is 27.1. The Morgan fingerprint density at radius 2 is 1.65 bits per heavy atom. The van der Waals surface area contributed by atoms with Gasteiger partial charge in [-0.2, -0.15) is 0 Å². The molecule has 1 amide bonds. The maximum absolute atomic E-state index is 12.3. The van der Waals surface area contributed by atoms with Gasteiger partial charge in [0.25, 0.3) is 10.0 Å². The molecule has 0 bridgehead atoms. The molecule has 3 rings (SSSR count). The van der Waals surface area contributed by atoms with Gasteiger partial charge in [0.05, 0.1) is 4.90 Å². The average Bonchev–Trinajstić information content (AvgIpc) is 3.34. The Labute approximate surface area is 136 Å². The van der Waals surface area contributed by atoms with Crippen molar-refractivity contribution < 1.29 is 13.2 Å². The quantitative estimate of drug-likeness (QED) is 0.916. The van der Waals surface area contributed by atoms with Crippen LogP contribution < -0.4 is 9.62 Å². The summed E-state index contributed by atoms with van der Waals surface area (Å²) in [6.07, 6.45) is 2.03. The molecule has 1 aliphatic rings. The van der Waals surface area contributed by atoms with Gasteiger partial charge in [0.2, 0.25) is 5.91 Å². The van der Waals surface area contributed by atoms with E-state index < -0.39 is 10.0 Å². The van der Waals surface area contributed by atoms with E-state index in [1.54, 1.807) is 66.4 Å². The zero-order valence-electron chi connectivity index (χ0n) is 12.8. The number of carbonyl (C=O) groups excluding carboxylic acids is 1. The molecular weight excluding hydrogens is 312 g/mol. The van der Waals surface area contributed by atoms with Crippen molar-refractivity contribution in [2.24, 2.45) is 0 Å². The summed E-state index contributed by atoms with van der Waals surface area (Å²) in [7, 11) is -3.60. The third-order valence-electron chi connectivity index (χ3n) is 3.70. The number of sulfonamides is 1. The molecule has 0 unspecified atom stereocenters. The van der Waals surface area contributed by atoms with Crippen LogP contribution in [0.3, 0.4) is 0 Å². The zero-order chi connectivity index (χ0) is 16.4. The molecule has 0 aliphatic heterocycles. The molecule has 0 saturated heterocycles. The van der Waals surface area contributed by atoms with Gasteiger partial charge in [0, 0.05) is 24.3 Å². The van der Waals surface area contributed by atoms with Crippen LogP contribution in [-0.2, 0) is 14.8 Å². The Morgan fingerprint density at radius 3 is 2.17 bits per heavy atom. The van der Waals surface area contributed by atoms with Gasteiger partial charge in [0.15, 0.2) is 0 Å². The van der Waals surface area contributed by atoms with E-state index in [0.717, 1.165) is 18.5 Å². The highest BCUT2D eigenvalue weighted by Crippen LogP contribution is 2.32. The lowest BCUT2D eigenvalue weighted by Crippen LogP contribution is -2.30. The lowest BCUT2D eigenvalue weighted by Gasteiger charge is -2.21. The first-order valence-electron chi connectivity index (χ1n) is 7.45. The third kappa shape index (κ3) is 3.53. The first kappa shape index (κ1) is 15.6. The van der Waals surface area contributed by atoms with Gasteiger partial charge >= 0.3 is 0 Å². The van der Waals surface area contributed by atoms with Gasteiger partial charge in [-0.15, -0.1) is 0 Å². The zero-order valence-corrected chi connectivity index (χ0v) is 13.6. The van der Waals surface area contributed by atoms with Crippen LogP contribution in [0.15, 0.2) is 59.5 Å². The molecule has 0 atom stereocenters. The van der Waals surface area contributed by atoms with Crippen LogP contribution in [0.5, 0.6) is 0 Å². The molecule has 2 aromatic rings. The van der Waals surface area contributed by atoms with Crippen LogP contribution in [0, 0.1) is 0 Å². The minimum absolute atomic E-state index is 0.00474. The van der Waals surface area contributed by atoms with Crippen molar-refractivity contribution in [1.29, 1.82) is 0 Å². The van der Waals surface area contributed by atoms with Crippen LogP contribution in [-0.4, -0.2) is 20.4 Å². The fourth-order valence-electron chi connectivity index (χ4n) is 2.49. The van der Waals surface area contributed by atoms with Crippen molar-refractivity contribution in [3.05, 3.63) is 54.6 Å². The average molecular weight is 330 g/mol. The number of amides is 1. The summed E-state index contributed by atoms with van der Waals surface area (Å²) in [4.78, 5) is 13.7. The number of carbonyl (C=O) groups is 1. The molecule has 6 heteroatoms. The molecule has 0 aromatic heterocycles. The Morgan fingerprint density at radius 1 is 1.04 bits per heavy atom. The van der Waals surface area contributed by atoms with Crippen LogP contribution in [0.25, 0.3) is 0 Å². The molecule has 2 aromatic carbocycles. The lowest BCUT2D eigenvalue weighted by atomic mass is 10.2. The minimum Gasteiger partial charge on any atom is -0.310 e. The van der Waals surface area contributed by atoms with E-state index in [0.29, 0.717) is 5.69 Å². The molecule has 120 valence electrons. The number of nitrogens with one attached hydrogen (secondary N) is 1. The Kier molecular flexibility index (Phi) is 4.09. The number of rotatable bonds is 5. The molecule has 0 radical (unpaired) electrons. The molecule has 1 fully saturated rings. The standard InChI is InChI=1S/C17H18N2O3S/c1-13(20)19(16-11-12-16)15-9-7-14(8-10-15)18-23(21,22)17-5-3-2-4-6-17/h2-10,16,18H,11-12H2,1H3. The third-order valence-corrected chi connectivity index (χ3v) is 5.10. The van der Waals surface area contributed by atoms with Crippen molar-refractivity contribution in [3.63, 3.8) is 0 Å². The number of hydrogen-bond donors (Lipinski definition) is 1. The predicted molar refractivity (Wildman–Crippen MR) is 89.9 cm³/mol. The fourth-order valence-corrected chi connectivity index (χ4v) is 3.57. The normalized spacial score (nSPS) is 14.3. The summed E-state index contributed by atoms with van der Waals surface area (Å²) >= 11 is 0. The van der Waals surface area contributed by atoms with E-state index in [1.165, 1.54) is 0 Å². The summed E-state index contributed by atoms with van der Waals surface area (Å²) in [5, 5.41) is 0. The summed E-state index contributed by atoms with van der Waals surface area (Å²) in [5.41, 5.74) is 1.26. The monoisotopic (exact) mass is 330 g/mol. The molecule has 5 nitrogen and oxygen atoms in total. The van der Waals surface area contributed by atoms with Gasteiger partial charge in [-0.25, -0.2) is 8.42 Å². The summed E-state index contributed by atoms with van der Waals surface area (Å²) in [6.45, 7) is 1.55. The maximum Gasteiger partial charge on any atom is 0.261 e. The molecule has 1 N–H and O–H groups in total. The molecule has 0 spiro atoms. The van der Waals surface area contributed by atoms with Crippen LogP contribution >= 0.6 is 0 Å². The highest BCUT2D eigenvalue weighted by molar-refractivity contribution is 7.92. The maximum atomic E-state index is 12.3. The van der Waals surface area contributed by atoms with Crippen LogP contribution in [0.1, 0.15) is 19.8 Å². The summed E-state index contributed by atoms with van der Waals surface area (Å²) in [6, 6.07) is 15.4. The van der Waals surface area contributed by atoms with E-state index in [1.807, 2.05) is 0 Å². The number of anilines is 2. The first-order chi connectivity index (χ1) is 11.0. The van der Waals surface area contributed by atoms with Crippen molar-refractivity contribution in [1.82, 2.24) is 0 Å². The second kappa shape index (κ2) is 6.04. The highest BCUT2D eigenvalue weighted by Gasteiger charge is 2.31. The second-order valence-electron chi connectivity index (χ2n) is 5.59. The van der Waals surface area contributed by atoms with Crippen LogP contribution in [0.2, 0.25) is 0 Å². The van der Waals surface area contributed by atoms with Gasteiger partial charge in [-0.1, -0.05) is 18.2 Å². The number of benzene rings is 2. The van der Waals surface area contributed by atoms with E-state index in [9.17, 15) is 13.2 Å². The predicted octanol–water partition coefficient (Wildman–Crippen LogP) is 3.00. The van der Waals surface area contributed by atoms with E-state index in [2.05, 4.69) is 4.72 Å². The van der Waals surface area contributed by atoms with Gasteiger partial charge in [-0.05, 0) is 49.2 Å². The van der Waals surface area contributed by atoms with Crippen molar-refractivity contribution >= 4 is 27.3 Å². The number of nitrogens with zero attached hydrogens (tertiary/aromatic N) is 1. The highest BCUT2D eigenvalue weighted by atomic mass is 32.2.